The lowest BCUT2D eigenvalue weighted by Crippen LogP contribution is -2.27. The molecule has 2 aromatic rings. The number of aromatic nitrogens is 1. The summed E-state index contributed by atoms with van der Waals surface area (Å²) in [5.41, 5.74) is 0.345. The van der Waals surface area contributed by atoms with Crippen LogP contribution in [0.25, 0.3) is 0 Å². The number of H-pyrrole nitrogens is 1. The molecule has 0 radical (unpaired) electrons. The summed E-state index contributed by atoms with van der Waals surface area (Å²) in [5, 5.41) is 12.1. The van der Waals surface area contributed by atoms with Gasteiger partial charge in [-0.2, -0.15) is 0 Å². The number of benzene rings is 1. The summed E-state index contributed by atoms with van der Waals surface area (Å²) in [6, 6.07) is 7.30. The molecule has 0 spiro atoms. The Morgan fingerprint density at radius 1 is 1.17 bits per heavy atom. The maximum atomic E-state index is 12.2. The fourth-order valence-corrected chi connectivity index (χ4v) is 2.15. The zero-order chi connectivity index (χ0) is 17.0. The minimum atomic E-state index is -0.547. The second-order valence-electron chi connectivity index (χ2n) is 4.93. The van der Waals surface area contributed by atoms with Crippen molar-refractivity contribution in [2.24, 2.45) is 0 Å². The first-order chi connectivity index (χ1) is 10.9. The number of ether oxygens (including phenoxy) is 2. The van der Waals surface area contributed by atoms with Crippen molar-refractivity contribution in [3.8, 4) is 17.4 Å². The van der Waals surface area contributed by atoms with Crippen LogP contribution in [0.1, 0.15) is 28.9 Å². The van der Waals surface area contributed by atoms with Crippen LogP contribution in [-0.4, -0.2) is 30.2 Å². The monoisotopic (exact) mass is 318 g/mol. The molecule has 1 atom stereocenters. The van der Waals surface area contributed by atoms with Crippen LogP contribution in [-0.2, 0) is 0 Å². The molecule has 3 N–H and O–H groups in total. The van der Waals surface area contributed by atoms with Crippen LogP contribution < -0.4 is 20.3 Å². The number of rotatable bonds is 5. The fourth-order valence-electron chi connectivity index (χ4n) is 2.15. The third kappa shape index (κ3) is 3.82. The minimum Gasteiger partial charge on any atom is -0.494 e. The van der Waals surface area contributed by atoms with Crippen LogP contribution in [0.3, 0.4) is 0 Å². The van der Waals surface area contributed by atoms with E-state index in [0.717, 1.165) is 11.6 Å². The summed E-state index contributed by atoms with van der Waals surface area (Å²) in [5.74, 6) is 0.323. The Morgan fingerprint density at radius 2 is 1.87 bits per heavy atom. The molecule has 1 amide bonds. The molecule has 1 aromatic carbocycles. The zero-order valence-electron chi connectivity index (χ0n) is 13.0. The van der Waals surface area contributed by atoms with Crippen LogP contribution >= 0.6 is 0 Å². The van der Waals surface area contributed by atoms with E-state index < -0.39 is 11.5 Å². The highest BCUT2D eigenvalue weighted by atomic mass is 16.5. The van der Waals surface area contributed by atoms with Gasteiger partial charge >= 0.3 is 0 Å². The van der Waals surface area contributed by atoms with Crippen LogP contribution in [0.4, 0.5) is 0 Å². The number of hydrogen-bond acceptors (Lipinski definition) is 5. The van der Waals surface area contributed by atoms with Gasteiger partial charge in [0.1, 0.15) is 0 Å². The van der Waals surface area contributed by atoms with Crippen molar-refractivity contribution >= 4 is 5.91 Å². The molecular formula is C16H18N2O5. The second kappa shape index (κ2) is 6.87. The van der Waals surface area contributed by atoms with E-state index in [4.69, 9.17) is 9.47 Å². The average molecular weight is 318 g/mol. The van der Waals surface area contributed by atoms with Crippen LogP contribution in [0.2, 0.25) is 0 Å². The van der Waals surface area contributed by atoms with E-state index in [2.05, 4.69) is 10.3 Å². The molecule has 0 aliphatic rings. The normalized spacial score (nSPS) is 11.6. The highest BCUT2D eigenvalue weighted by Crippen LogP contribution is 2.29. The number of methoxy groups -OCH3 is 2. The van der Waals surface area contributed by atoms with Gasteiger partial charge in [-0.25, -0.2) is 0 Å². The molecule has 1 aromatic heterocycles. The van der Waals surface area contributed by atoms with E-state index in [-0.39, 0.29) is 17.5 Å². The summed E-state index contributed by atoms with van der Waals surface area (Å²) in [7, 11) is 3.08. The number of amides is 1. The first kappa shape index (κ1) is 16.4. The van der Waals surface area contributed by atoms with Crippen LogP contribution in [0, 0.1) is 0 Å². The number of aromatic hydroxyl groups is 1. The summed E-state index contributed by atoms with van der Waals surface area (Å²) in [4.78, 5) is 25.6. The Hall–Kier alpha value is -2.96. The van der Waals surface area contributed by atoms with E-state index in [1.807, 2.05) is 6.07 Å². The van der Waals surface area contributed by atoms with Crippen LogP contribution in [0.15, 0.2) is 35.1 Å². The van der Waals surface area contributed by atoms with Crippen molar-refractivity contribution in [3.05, 3.63) is 51.8 Å². The third-order valence-corrected chi connectivity index (χ3v) is 3.35. The van der Waals surface area contributed by atoms with E-state index in [1.54, 1.807) is 26.2 Å². The van der Waals surface area contributed by atoms with Crippen molar-refractivity contribution in [2.75, 3.05) is 14.2 Å². The summed E-state index contributed by atoms with van der Waals surface area (Å²) < 4.78 is 10.4. The van der Waals surface area contributed by atoms with Crippen LogP contribution in [0.5, 0.6) is 17.4 Å². The Balaban J connectivity index is 2.19. The molecule has 1 heterocycles. The van der Waals surface area contributed by atoms with Gasteiger partial charge in [0.2, 0.25) is 0 Å². The predicted molar refractivity (Wildman–Crippen MR) is 84.2 cm³/mol. The summed E-state index contributed by atoms with van der Waals surface area (Å²) >= 11 is 0. The lowest BCUT2D eigenvalue weighted by atomic mass is 10.1. The van der Waals surface area contributed by atoms with Gasteiger partial charge in [0.15, 0.2) is 17.4 Å². The molecule has 0 bridgehead atoms. The molecule has 2 rings (SSSR count). The zero-order valence-corrected chi connectivity index (χ0v) is 13.0. The predicted octanol–water partition coefficient (Wildman–Crippen LogP) is 1.59. The maximum Gasteiger partial charge on any atom is 0.252 e. The van der Waals surface area contributed by atoms with Crippen molar-refractivity contribution in [1.29, 1.82) is 0 Å². The molecule has 7 nitrogen and oxygen atoms in total. The Bertz CT molecular complexity index is 769. The smallest absolute Gasteiger partial charge is 0.252 e. The Kier molecular flexibility index (Phi) is 4.90. The molecule has 0 aliphatic heterocycles. The lowest BCUT2D eigenvalue weighted by Gasteiger charge is -2.16. The first-order valence-corrected chi connectivity index (χ1v) is 6.90. The van der Waals surface area contributed by atoms with E-state index >= 15 is 0 Å². The van der Waals surface area contributed by atoms with Crippen molar-refractivity contribution in [3.63, 3.8) is 0 Å². The largest absolute Gasteiger partial charge is 0.494 e. The van der Waals surface area contributed by atoms with E-state index in [9.17, 15) is 14.7 Å². The maximum absolute atomic E-state index is 12.2. The molecule has 122 valence electrons. The number of hydrogen-bond donors (Lipinski definition) is 3. The van der Waals surface area contributed by atoms with E-state index in [0.29, 0.717) is 11.5 Å². The molecule has 1 unspecified atom stereocenters. The van der Waals surface area contributed by atoms with Crippen molar-refractivity contribution in [1.82, 2.24) is 10.3 Å². The molecule has 0 saturated heterocycles. The van der Waals surface area contributed by atoms with Gasteiger partial charge in [0, 0.05) is 12.1 Å². The van der Waals surface area contributed by atoms with Crippen molar-refractivity contribution < 1.29 is 19.4 Å². The first-order valence-electron chi connectivity index (χ1n) is 6.90. The molecule has 0 fully saturated rings. The molecular weight excluding hydrogens is 300 g/mol. The van der Waals surface area contributed by atoms with Gasteiger partial charge in [0.05, 0.1) is 25.8 Å². The summed E-state index contributed by atoms with van der Waals surface area (Å²) in [6.45, 7) is 1.80. The topological polar surface area (TPSA) is 101 Å². The van der Waals surface area contributed by atoms with Gasteiger partial charge < -0.3 is 19.9 Å². The average Bonchev–Trinajstić information content (AvgIpc) is 2.53. The SMILES string of the molecule is COc1ccc(C(C)NC(=O)c2cc(O)[nH]c(=O)c2)cc1OC. The highest BCUT2D eigenvalue weighted by molar-refractivity contribution is 5.94. The molecule has 0 aliphatic carbocycles. The highest BCUT2D eigenvalue weighted by Gasteiger charge is 2.15. The molecule has 0 saturated carbocycles. The summed E-state index contributed by atoms with van der Waals surface area (Å²) in [6.07, 6.45) is 0. The number of carbonyl (C=O) groups excluding carboxylic acids is 1. The standard InChI is InChI=1S/C16H18N2O5/c1-9(10-4-5-12(22-2)13(6-10)23-3)17-16(21)11-7-14(19)18-15(20)8-11/h4-9H,1-3H3,(H,17,21)(H2,18,19,20). The second-order valence-corrected chi connectivity index (χ2v) is 4.93. The number of carbonyl (C=O) groups is 1. The third-order valence-electron chi connectivity index (χ3n) is 3.35. The molecule has 7 heteroatoms. The van der Waals surface area contributed by atoms with Gasteiger partial charge in [-0.3, -0.25) is 14.6 Å². The Labute approximate surface area is 132 Å². The number of aromatic amines is 1. The van der Waals surface area contributed by atoms with Gasteiger partial charge in [-0.1, -0.05) is 6.07 Å². The quantitative estimate of drug-likeness (QED) is 0.777. The number of nitrogens with one attached hydrogen (secondary N) is 2. The Morgan fingerprint density at radius 3 is 2.48 bits per heavy atom. The molecule has 23 heavy (non-hydrogen) atoms. The minimum absolute atomic E-state index is 0.0820. The lowest BCUT2D eigenvalue weighted by molar-refractivity contribution is 0.0939. The number of pyridine rings is 1. The fraction of sp³-hybridized carbons (Fsp3) is 0.250. The van der Waals surface area contributed by atoms with Crippen molar-refractivity contribution in [2.45, 2.75) is 13.0 Å². The van der Waals surface area contributed by atoms with E-state index in [1.165, 1.54) is 13.2 Å². The van der Waals surface area contributed by atoms with Gasteiger partial charge in [0.25, 0.3) is 11.5 Å². The van der Waals surface area contributed by atoms with Gasteiger partial charge in [-0.05, 0) is 24.6 Å². The van der Waals surface area contributed by atoms with Gasteiger partial charge in [-0.15, -0.1) is 0 Å².